The first kappa shape index (κ1) is 19.7. The van der Waals surface area contributed by atoms with Gasteiger partial charge in [0, 0.05) is 56.1 Å². The van der Waals surface area contributed by atoms with Crippen molar-refractivity contribution in [3.05, 3.63) is 34.9 Å². The summed E-state index contributed by atoms with van der Waals surface area (Å²) in [7, 11) is 0. The first-order chi connectivity index (χ1) is 14.5. The maximum Gasteiger partial charge on any atom is 0.255 e. The molecule has 4 aliphatic rings. The Labute approximate surface area is 175 Å². The summed E-state index contributed by atoms with van der Waals surface area (Å²) in [5.41, 5.74) is 9.00. The van der Waals surface area contributed by atoms with Crippen molar-refractivity contribution in [3.8, 4) is 0 Å². The molecule has 3 fully saturated rings. The van der Waals surface area contributed by atoms with Gasteiger partial charge in [0.1, 0.15) is 6.04 Å². The van der Waals surface area contributed by atoms with Crippen LogP contribution in [0.1, 0.15) is 40.7 Å². The summed E-state index contributed by atoms with van der Waals surface area (Å²) in [6, 6.07) is 5.47. The van der Waals surface area contributed by atoms with Crippen LogP contribution in [0.4, 0.5) is 0 Å². The molecule has 1 aromatic carbocycles. The Hall–Kier alpha value is -2.29. The van der Waals surface area contributed by atoms with Crippen molar-refractivity contribution < 1.29 is 19.1 Å². The van der Waals surface area contributed by atoms with Crippen molar-refractivity contribution in [1.29, 1.82) is 0 Å². The summed E-state index contributed by atoms with van der Waals surface area (Å²) in [6.07, 6.45) is 1.66. The Bertz CT molecular complexity index is 903. The van der Waals surface area contributed by atoms with Crippen LogP contribution in [0.15, 0.2) is 18.2 Å². The number of amides is 3. The first-order valence-electron chi connectivity index (χ1n) is 10.8. The number of nitrogens with zero attached hydrogens (tertiary/aromatic N) is 2. The second-order valence-electron chi connectivity index (χ2n) is 9.15. The number of hydrogen-bond acceptors (Lipinski definition) is 6. The van der Waals surface area contributed by atoms with Gasteiger partial charge in [0.25, 0.3) is 5.91 Å². The van der Waals surface area contributed by atoms with Crippen LogP contribution in [0.5, 0.6) is 0 Å². The second kappa shape index (κ2) is 7.44. The summed E-state index contributed by atoms with van der Waals surface area (Å²) in [4.78, 5) is 40.7. The quantitative estimate of drug-likeness (QED) is 0.687. The molecule has 4 aliphatic heterocycles. The van der Waals surface area contributed by atoms with Gasteiger partial charge in [-0.25, -0.2) is 0 Å². The minimum atomic E-state index is -0.572. The fourth-order valence-electron chi connectivity index (χ4n) is 5.57. The SMILES string of the molecule is NCC12CCOCC1CN(Cc1ccc3c(c1)C(=O)N(C1CCC(=O)NC1=O)C3)C2. The molecule has 160 valence electrons. The van der Waals surface area contributed by atoms with E-state index in [2.05, 4.69) is 16.3 Å². The van der Waals surface area contributed by atoms with Crippen molar-refractivity contribution >= 4 is 17.7 Å². The first-order valence-corrected chi connectivity index (χ1v) is 10.8. The Morgan fingerprint density at radius 1 is 1.27 bits per heavy atom. The zero-order valence-electron chi connectivity index (χ0n) is 17.1. The summed E-state index contributed by atoms with van der Waals surface area (Å²) >= 11 is 0. The van der Waals surface area contributed by atoms with E-state index < -0.39 is 6.04 Å². The van der Waals surface area contributed by atoms with Crippen LogP contribution in [-0.4, -0.2) is 66.4 Å². The number of fused-ring (bicyclic) bond motifs is 2. The number of imide groups is 1. The minimum Gasteiger partial charge on any atom is -0.381 e. The average Bonchev–Trinajstić information content (AvgIpc) is 3.26. The normalized spacial score (nSPS) is 31.6. The smallest absolute Gasteiger partial charge is 0.255 e. The molecule has 5 rings (SSSR count). The van der Waals surface area contributed by atoms with E-state index in [1.807, 2.05) is 12.1 Å². The van der Waals surface area contributed by atoms with Crippen LogP contribution in [0, 0.1) is 11.3 Å². The number of carbonyl (C=O) groups excluding carboxylic acids is 3. The van der Waals surface area contributed by atoms with Gasteiger partial charge in [0.2, 0.25) is 11.8 Å². The number of hydrogen-bond donors (Lipinski definition) is 2. The van der Waals surface area contributed by atoms with E-state index in [1.165, 1.54) is 0 Å². The lowest BCUT2D eigenvalue weighted by Gasteiger charge is -2.37. The number of piperidine rings is 1. The van der Waals surface area contributed by atoms with Crippen LogP contribution in [0.3, 0.4) is 0 Å². The zero-order valence-corrected chi connectivity index (χ0v) is 17.1. The van der Waals surface area contributed by atoms with E-state index in [-0.39, 0.29) is 29.6 Å². The third-order valence-electron chi connectivity index (χ3n) is 7.35. The number of carbonyl (C=O) groups is 3. The number of rotatable bonds is 4. The molecule has 0 aromatic heterocycles. The molecule has 3 amide bonds. The van der Waals surface area contributed by atoms with Gasteiger partial charge in [-0.1, -0.05) is 12.1 Å². The van der Waals surface area contributed by atoms with Crippen LogP contribution >= 0.6 is 0 Å². The van der Waals surface area contributed by atoms with Gasteiger partial charge in [-0.15, -0.1) is 0 Å². The summed E-state index contributed by atoms with van der Waals surface area (Å²) in [6.45, 7) is 5.36. The van der Waals surface area contributed by atoms with E-state index in [0.717, 1.165) is 50.4 Å². The molecular weight excluding hydrogens is 384 g/mol. The Balaban J connectivity index is 1.30. The maximum absolute atomic E-state index is 13.0. The van der Waals surface area contributed by atoms with E-state index in [4.69, 9.17) is 10.5 Å². The summed E-state index contributed by atoms with van der Waals surface area (Å²) in [5.74, 6) is -0.297. The topological polar surface area (TPSA) is 105 Å². The van der Waals surface area contributed by atoms with Gasteiger partial charge in [-0.2, -0.15) is 0 Å². The standard InChI is InChI=1S/C22H28N4O4/c23-12-22-5-6-30-11-16(22)10-25(13-22)8-14-1-2-15-9-26(21(29)17(15)7-14)18-3-4-19(27)24-20(18)28/h1-2,7,16,18H,3-6,8-13,23H2,(H,24,27,28). The largest absolute Gasteiger partial charge is 0.381 e. The van der Waals surface area contributed by atoms with Gasteiger partial charge in [-0.3, -0.25) is 24.6 Å². The minimum absolute atomic E-state index is 0.122. The van der Waals surface area contributed by atoms with E-state index in [9.17, 15) is 14.4 Å². The number of benzene rings is 1. The Kier molecular flexibility index (Phi) is 4.88. The van der Waals surface area contributed by atoms with Gasteiger partial charge >= 0.3 is 0 Å². The van der Waals surface area contributed by atoms with Crippen molar-refractivity contribution in [2.24, 2.45) is 17.1 Å². The van der Waals surface area contributed by atoms with Crippen LogP contribution in [-0.2, 0) is 27.4 Å². The number of nitrogens with two attached hydrogens (primary N) is 1. The fraction of sp³-hybridized carbons (Fsp3) is 0.591. The molecule has 4 heterocycles. The highest BCUT2D eigenvalue weighted by Gasteiger charge is 2.47. The van der Waals surface area contributed by atoms with Crippen molar-refractivity contribution in [1.82, 2.24) is 15.1 Å². The maximum atomic E-state index is 13.0. The van der Waals surface area contributed by atoms with Gasteiger partial charge in [0.15, 0.2) is 0 Å². The molecule has 3 atom stereocenters. The predicted molar refractivity (Wildman–Crippen MR) is 108 cm³/mol. The predicted octanol–water partition coefficient (Wildman–Crippen LogP) is 0.245. The lowest BCUT2D eigenvalue weighted by Crippen LogP contribution is -2.52. The molecule has 30 heavy (non-hydrogen) atoms. The number of nitrogens with one attached hydrogen (secondary N) is 1. The van der Waals surface area contributed by atoms with Crippen LogP contribution in [0.25, 0.3) is 0 Å². The lowest BCUT2D eigenvalue weighted by molar-refractivity contribution is -0.136. The van der Waals surface area contributed by atoms with Crippen LogP contribution in [0.2, 0.25) is 0 Å². The fourth-order valence-corrected chi connectivity index (χ4v) is 5.57. The molecular formula is C22H28N4O4. The van der Waals surface area contributed by atoms with Gasteiger partial charge in [-0.05, 0) is 36.6 Å². The monoisotopic (exact) mass is 412 g/mol. The number of ether oxygens (including phenoxy) is 1. The van der Waals surface area contributed by atoms with Crippen LogP contribution < -0.4 is 11.1 Å². The molecule has 0 spiro atoms. The molecule has 3 N–H and O–H groups in total. The second-order valence-corrected chi connectivity index (χ2v) is 9.15. The molecule has 0 bridgehead atoms. The molecule has 0 aliphatic carbocycles. The third-order valence-corrected chi connectivity index (χ3v) is 7.35. The Morgan fingerprint density at radius 2 is 2.13 bits per heavy atom. The molecule has 0 saturated carbocycles. The lowest BCUT2D eigenvalue weighted by atomic mass is 9.74. The average molecular weight is 412 g/mol. The third kappa shape index (κ3) is 3.23. The summed E-state index contributed by atoms with van der Waals surface area (Å²) < 4.78 is 5.68. The van der Waals surface area contributed by atoms with Crippen molar-refractivity contribution in [2.75, 3.05) is 32.8 Å². The van der Waals surface area contributed by atoms with Gasteiger partial charge < -0.3 is 15.4 Å². The summed E-state index contributed by atoms with van der Waals surface area (Å²) in [5, 5.41) is 2.35. The van der Waals surface area contributed by atoms with Crippen molar-refractivity contribution in [3.63, 3.8) is 0 Å². The van der Waals surface area contributed by atoms with Gasteiger partial charge in [0.05, 0.1) is 6.61 Å². The van der Waals surface area contributed by atoms with E-state index in [1.54, 1.807) is 4.90 Å². The van der Waals surface area contributed by atoms with Crippen molar-refractivity contribution in [2.45, 2.75) is 38.4 Å². The Morgan fingerprint density at radius 3 is 2.90 bits per heavy atom. The number of likely N-dealkylation sites (tertiary alicyclic amines) is 1. The molecule has 0 radical (unpaired) electrons. The molecule has 3 unspecified atom stereocenters. The highest BCUT2D eigenvalue weighted by molar-refractivity contribution is 6.05. The molecule has 1 aromatic rings. The molecule has 8 heteroatoms. The molecule has 8 nitrogen and oxygen atoms in total. The van der Waals surface area contributed by atoms with E-state index >= 15 is 0 Å². The molecule has 3 saturated heterocycles. The highest BCUT2D eigenvalue weighted by Crippen LogP contribution is 2.41. The highest BCUT2D eigenvalue weighted by atomic mass is 16.5. The van der Waals surface area contributed by atoms with E-state index in [0.29, 0.717) is 31.0 Å². The zero-order chi connectivity index (χ0) is 20.9.